The third-order valence-corrected chi connectivity index (χ3v) is 7.47. The van der Waals surface area contributed by atoms with Gasteiger partial charge < -0.3 is 14.5 Å². The standard InChI is InChI=1S/C21H29N3O4S/c1-13-17-19(25)22-16(12-24-8-7-14-5-3-4-6-15(14)11-24)23-20(17)29-18(13)21(26)28-10-9-27-2/h14-15H,3-12H2,1-2H3,(H,22,23,25)/t14-,15+/m0/s1. The van der Waals surface area contributed by atoms with Gasteiger partial charge in [0.1, 0.15) is 22.1 Å². The van der Waals surface area contributed by atoms with Crippen LogP contribution in [0, 0.1) is 18.8 Å². The van der Waals surface area contributed by atoms with Gasteiger partial charge in [0.2, 0.25) is 0 Å². The number of H-pyrrole nitrogens is 1. The number of aromatic nitrogens is 2. The maximum Gasteiger partial charge on any atom is 0.348 e. The zero-order valence-corrected chi connectivity index (χ0v) is 18.0. The Bertz CT molecular complexity index is 938. The summed E-state index contributed by atoms with van der Waals surface area (Å²) >= 11 is 1.23. The Morgan fingerprint density at radius 3 is 2.83 bits per heavy atom. The van der Waals surface area contributed by atoms with E-state index in [1.165, 1.54) is 43.4 Å². The molecular formula is C21H29N3O4S. The molecule has 0 unspecified atom stereocenters. The number of aryl methyl sites for hydroxylation is 1. The lowest BCUT2D eigenvalue weighted by Crippen LogP contribution is -2.41. The number of aromatic amines is 1. The smallest absolute Gasteiger partial charge is 0.348 e. The number of fused-ring (bicyclic) bond motifs is 2. The van der Waals surface area contributed by atoms with Crippen molar-refractivity contribution in [2.24, 2.45) is 11.8 Å². The van der Waals surface area contributed by atoms with Crippen molar-refractivity contribution in [1.82, 2.24) is 14.9 Å². The molecule has 1 aliphatic carbocycles. The number of esters is 1. The number of carbonyl (C=O) groups excluding carboxylic acids is 1. The number of nitrogens with zero attached hydrogens (tertiary/aromatic N) is 2. The molecule has 1 N–H and O–H groups in total. The first-order chi connectivity index (χ1) is 14.1. The Hall–Kier alpha value is -1.77. The molecule has 2 aromatic heterocycles. The highest BCUT2D eigenvalue weighted by Crippen LogP contribution is 2.36. The first-order valence-corrected chi connectivity index (χ1v) is 11.3. The van der Waals surface area contributed by atoms with E-state index in [2.05, 4.69) is 14.9 Å². The molecule has 0 spiro atoms. The van der Waals surface area contributed by atoms with E-state index in [4.69, 9.17) is 9.47 Å². The Balaban J connectivity index is 1.51. The van der Waals surface area contributed by atoms with Crippen molar-refractivity contribution >= 4 is 27.5 Å². The first-order valence-electron chi connectivity index (χ1n) is 10.5. The highest BCUT2D eigenvalue weighted by atomic mass is 32.1. The van der Waals surface area contributed by atoms with Gasteiger partial charge in [-0.25, -0.2) is 9.78 Å². The molecular weight excluding hydrogens is 390 g/mol. The zero-order chi connectivity index (χ0) is 20.4. The van der Waals surface area contributed by atoms with Gasteiger partial charge >= 0.3 is 5.97 Å². The highest BCUT2D eigenvalue weighted by molar-refractivity contribution is 7.20. The molecule has 2 aliphatic rings. The van der Waals surface area contributed by atoms with Crippen LogP contribution in [-0.4, -0.2) is 54.3 Å². The van der Waals surface area contributed by atoms with E-state index in [1.807, 2.05) is 0 Å². The minimum atomic E-state index is -0.428. The predicted molar refractivity (Wildman–Crippen MR) is 112 cm³/mol. The molecule has 158 valence electrons. The summed E-state index contributed by atoms with van der Waals surface area (Å²) in [6.45, 7) is 5.11. The lowest BCUT2D eigenvalue weighted by Gasteiger charge is -2.41. The number of methoxy groups -OCH3 is 1. The van der Waals surface area contributed by atoms with Crippen LogP contribution in [-0.2, 0) is 16.0 Å². The minimum absolute atomic E-state index is 0.178. The number of hydrogen-bond donors (Lipinski definition) is 1. The molecule has 7 nitrogen and oxygen atoms in total. The number of hydrogen-bond acceptors (Lipinski definition) is 7. The predicted octanol–water partition coefficient (Wildman–Crippen LogP) is 3.11. The molecule has 0 amide bonds. The van der Waals surface area contributed by atoms with Crippen LogP contribution in [0.3, 0.4) is 0 Å². The maximum atomic E-state index is 12.7. The van der Waals surface area contributed by atoms with E-state index in [9.17, 15) is 9.59 Å². The number of thiophene rings is 1. The molecule has 0 aromatic carbocycles. The summed E-state index contributed by atoms with van der Waals surface area (Å²) in [5.74, 6) is 1.91. The van der Waals surface area contributed by atoms with Crippen molar-refractivity contribution in [3.05, 3.63) is 26.6 Å². The van der Waals surface area contributed by atoms with Crippen molar-refractivity contribution in [2.75, 3.05) is 33.4 Å². The summed E-state index contributed by atoms with van der Waals surface area (Å²) in [5, 5.41) is 0.489. The molecule has 4 rings (SSSR count). The quantitative estimate of drug-likeness (QED) is 0.572. The average molecular weight is 420 g/mol. The Morgan fingerprint density at radius 2 is 2.03 bits per heavy atom. The second kappa shape index (κ2) is 8.93. The monoisotopic (exact) mass is 419 g/mol. The van der Waals surface area contributed by atoms with E-state index in [0.29, 0.717) is 39.6 Å². The molecule has 29 heavy (non-hydrogen) atoms. The molecule has 2 aromatic rings. The largest absolute Gasteiger partial charge is 0.459 e. The molecule has 2 atom stereocenters. The first kappa shape index (κ1) is 20.5. The summed E-state index contributed by atoms with van der Waals surface area (Å²) < 4.78 is 10.1. The summed E-state index contributed by atoms with van der Waals surface area (Å²) in [7, 11) is 1.56. The average Bonchev–Trinajstić information content (AvgIpc) is 3.05. The summed E-state index contributed by atoms with van der Waals surface area (Å²) in [6, 6.07) is 0. The molecule has 1 saturated carbocycles. The van der Waals surface area contributed by atoms with Crippen LogP contribution in [0.4, 0.5) is 0 Å². The van der Waals surface area contributed by atoms with E-state index in [1.54, 1.807) is 14.0 Å². The van der Waals surface area contributed by atoms with Crippen LogP contribution in [0.2, 0.25) is 0 Å². The number of carbonyl (C=O) groups is 1. The van der Waals surface area contributed by atoms with Crippen LogP contribution in [0.25, 0.3) is 10.2 Å². The van der Waals surface area contributed by atoms with Gasteiger partial charge in [-0.2, -0.15) is 0 Å². The molecule has 1 aliphatic heterocycles. The lowest BCUT2D eigenvalue weighted by molar-refractivity contribution is 0.0393. The van der Waals surface area contributed by atoms with Crippen LogP contribution >= 0.6 is 11.3 Å². The summed E-state index contributed by atoms with van der Waals surface area (Å²) in [5.41, 5.74) is 0.456. The van der Waals surface area contributed by atoms with Gasteiger partial charge in [0.05, 0.1) is 18.5 Å². The van der Waals surface area contributed by atoms with Crippen molar-refractivity contribution < 1.29 is 14.3 Å². The molecule has 2 fully saturated rings. The van der Waals surface area contributed by atoms with Gasteiger partial charge in [0, 0.05) is 13.7 Å². The molecule has 0 bridgehead atoms. The van der Waals surface area contributed by atoms with Gasteiger partial charge in [-0.15, -0.1) is 11.3 Å². The second-order valence-corrected chi connectivity index (χ2v) is 9.21. The fourth-order valence-electron chi connectivity index (χ4n) is 4.77. The molecule has 3 heterocycles. The van der Waals surface area contributed by atoms with Gasteiger partial charge in [-0.1, -0.05) is 19.3 Å². The van der Waals surface area contributed by atoms with Crippen molar-refractivity contribution in [2.45, 2.75) is 45.6 Å². The number of ether oxygens (including phenoxy) is 2. The van der Waals surface area contributed by atoms with E-state index >= 15 is 0 Å². The number of piperidine rings is 1. The van der Waals surface area contributed by atoms with Gasteiger partial charge in [-0.3, -0.25) is 9.69 Å². The molecule has 8 heteroatoms. The Morgan fingerprint density at radius 1 is 1.24 bits per heavy atom. The number of nitrogens with one attached hydrogen (secondary N) is 1. The summed E-state index contributed by atoms with van der Waals surface area (Å²) in [4.78, 5) is 36.1. The van der Waals surface area contributed by atoms with Crippen molar-refractivity contribution in [3.8, 4) is 0 Å². The van der Waals surface area contributed by atoms with Crippen LogP contribution in [0.5, 0.6) is 0 Å². The number of likely N-dealkylation sites (tertiary alicyclic amines) is 1. The van der Waals surface area contributed by atoms with Crippen molar-refractivity contribution in [3.63, 3.8) is 0 Å². The van der Waals surface area contributed by atoms with Crippen LogP contribution in [0.1, 0.15) is 53.2 Å². The van der Waals surface area contributed by atoms with Gasteiger partial charge in [0.15, 0.2) is 0 Å². The highest BCUT2D eigenvalue weighted by Gasteiger charge is 2.31. The van der Waals surface area contributed by atoms with E-state index in [0.717, 1.165) is 24.9 Å². The number of rotatable bonds is 6. The van der Waals surface area contributed by atoms with Crippen LogP contribution < -0.4 is 5.56 Å². The van der Waals surface area contributed by atoms with E-state index < -0.39 is 5.97 Å². The summed E-state index contributed by atoms with van der Waals surface area (Å²) in [6.07, 6.45) is 6.65. The normalized spacial score (nSPS) is 22.6. The molecule has 1 saturated heterocycles. The fraction of sp³-hybridized carbons (Fsp3) is 0.667. The van der Waals surface area contributed by atoms with Crippen LogP contribution in [0.15, 0.2) is 4.79 Å². The van der Waals surface area contributed by atoms with Gasteiger partial charge in [0.25, 0.3) is 5.56 Å². The van der Waals surface area contributed by atoms with Gasteiger partial charge in [-0.05, 0) is 43.7 Å². The Kier molecular flexibility index (Phi) is 6.32. The minimum Gasteiger partial charge on any atom is -0.459 e. The van der Waals surface area contributed by atoms with E-state index in [-0.39, 0.29) is 12.2 Å². The lowest BCUT2D eigenvalue weighted by atomic mass is 9.75. The third-order valence-electron chi connectivity index (χ3n) is 6.30. The topological polar surface area (TPSA) is 84.5 Å². The van der Waals surface area contributed by atoms with Crippen molar-refractivity contribution in [1.29, 1.82) is 0 Å². The zero-order valence-electron chi connectivity index (χ0n) is 17.2. The maximum absolute atomic E-state index is 12.7. The third kappa shape index (κ3) is 4.39. The Labute approximate surface area is 174 Å². The fourth-order valence-corrected chi connectivity index (χ4v) is 5.87. The molecule has 0 radical (unpaired) electrons. The second-order valence-electron chi connectivity index (χ2n) is 8.21. The SMILES string of the molecule is COCCOC(=O)c1sc2nc(CN3CC[C@@H]4CCCC[C@@H]4C3)[nH]c(=O)c2c1C.